The molecule has 1 saturated heterocycles. The van der Waals surface area contributed by atoms with E-state index in [-0.39, 0.29) is 5.91 Å². The minimum atomic E-state index is 0.0877. The Morgan fingerprint density at radius 3 is 2.46 bits per heavy atom. The topological polar surface area (TPSA) is 52.6 Å². The molecule has 8 heteroatoms. The molecule has 0 unspecified atom stereocenters. The summed E-state index contributed by atoms with van der Waals surface area (Å²) in [4.78, 5) is 28.9. The number of thioether (sulfide) groups is 1. The van der Waals surface area contributed by atoms with Gasteiger partial charge in [0.15, 0.2) is 5.16 Å². The zero-order valence-corrected chi connectivity index (χ0v) is 21.6. The van der Waals surface area contributed by atoms with Gasteiger partial charge in [0.1, 0.15) is 11.0 Å². The van der Waals surface area contributed by atoms with Gasteiger partial charge in [-0.25, -0.2) is 9.97 Å². The van der Waals surface area contributed by atoms with Gasteiger partial charge in [0, 0.05) is 56.7 Å². The molecule has 1 amide bonds. The molecular formula is C27H30ClN5OS. The van der Waals surface area contributed by atoms with E-state index in [0.29, 0.717) is 16.9 Å². The van der Waals surface area contributed by atoms with Crippen LogP contribution in [-0.4, -0.2) is 64.9 Å². The molecule has 0 radical (unpaired) electrons. The molecule has 2 aliphatic rings. The second kappa shape index (κ2) is 11.0. The number of carbonyl (C=O) groups is 1. The van der Waals surface area contributed by atoms with Crippen LogP contribution in [0.5, 0.6) is 0 Å². The third kappa shape index (κ3) is 5.80. The van der Waals surface area contributed by atoms with Crippen molar-refractivity contribution in [2.75, 3.05) is 44.2 Å². The van der Waals surface area contributed by atoms with Crippen molar-refractivity contribution in [2.24, 2.45) is 0 Å². The maximum absolute atomic E-state index is 13.0. The fraction of sp³-hybridized carbons (Fsp3) is 0.370. The molecule has 2 aromatic carbocycles. The quantitative estimate of drug-likeness (QED) is 0.272. The number of amides is 1. The second-order valence-electron chi connectivity index (χ2n) is 8.98. The zero-order chi connectivity index (χ0) is 24.2. The van der Waals surface area contributed by atoms with Gasteiger partial charge in [-0.1, -0.05) is 66.7 Å². The molecule has 3 heterocycles. The van der Waals surface area contributed by atoms with Crippen molar-refractivity contribution < 1.29 is 4.79 Å². The molecule has 5 rings (SSSR count). The van der Waals surface area contributed by atoms with Gasteiger partial charge in [-0.15, -0.1) is 0 Å². The maximum atomic E-state index is 13.0. The molecule has 0 saturated carbocycles. The van der Waals surface area contributed by atoms with E-state index in [4.69, 9.17) is 16.6 Å². The number of benzene rings is 2. The van der Waals surface area contributed by atoms with E-state index in [1.54, 1.807) is 11.8 Å². The summed E-state index contributed by atoms with van der Waals surface area (Å²) in [5, 5.41) is 1.15. The molecule has 0 N–H and O–H groups in total. The summed E-state index contributed by atoms with van der Waals surface area (Å²) < 4.78 is 0. The third-order valence-electron chi connectivity index (χ3n) is 6.79. The van der Waals surface area contributed by atoms with Crippen molar-refractivity contribution in [2.45, 2.75) is 30.8 Å². The average molecular weight is 508 g/mol. The lowest BCUT2D eigenvalue weighted by Crippen LogP contribution is -2.46. The first-order chi connectivity index (χ1) is 17.1. The van der Waals surface area contributed by atoms with E-state index >= 15 is 0 Å². The van der Waals surface area contributed by atoms with Crippen LogP contribution in [0, 0.1) is 0 Å². The first-order valence-corrected chi connectivity index (χ1v) is 13.5. The van der Waals surface area contributed by atoms with Gasteiger partial charge in [0.2, 0.25) is 0 Å². The number of halogens is 1. The number of fused-ring (bicyclic) bond motifs is 1. The van der Waals surface area contributed by atoms with Crippen molar-refractivity contribution in [1.82, 2.24) is 19.8 Å². The van der Waals surface area contributed by atoms with Crippen LogP contribution in [0.3, 0.4) is 0 Å². The standard InChI is InChI=1S/C27H30ClN5OS/c1-2-31-13-15-32(16-14-31)25-17-24(28)29-27(30-25)35-19-20-7-9-22(10-8-20)26(34)33-12-11-21-5-3-4-6-23(21)18-33/h3-10,17H,2,11-16,18-19H2,1H3. The van der Waals surface area contributed by atoms with Crippen molar-refractivity contribution in [3.05, 3.63) is 82.0 Å². The van der Waals surface area contributed by atoms with E-state index < -0.39 is 0 Å². The van der Waals surface area contributed by atoms with Gasteiger partial charge in [-0.3, -0.25) is 4.79 Å². The van der Waals surface area contributed by atoms with Crippen LogP contribution in [0.4, 0.5) is 5.82 Å². The first kappa shape index (κ1) is 24.1. The monoisotopic (exact) mass is 507 g/mol. The summed E-state index contributed by atoms with van der Waals surface area (Å²) in [6, 6.07) is 18.1. The number of nitrogens with zero attached hydrogens (tertiary/aromatic N) is 5. The number of aromatic nitrogens is 2. The Kier molecular flexibility index (Phi) is 7.56. The van der Waals surface area contributed by atoms with E-state index in [9.17, 15) is 4.79 Å². The molecule has 0 spiro atoms. The van der Waals surface area contributed by atoms with Crippen LogP contribution in [0.25, 0.3) is 0 Å². The molecular weight excluding hydrogens is 478 g/mol. The van der Waals surface area contributed by atoms with E-state index in [1.807, 2.05) is 41.3 Å². The largest absolute Gasteiger partial charge is 0.354 e. The van der Waals surface area contributed by atoms with Crippen molar-refractivity contribution in [3.8, 4) is 0 Å². The fourth-order valence-electron chi connectivity index (χ4n) is 4.65. The van der Waals surface area contributed by atoms with E-state index in [2.05, 4.69) is 39.9 Å². The highest BCUT2D eigenvalue weighted by atomic mass is 35.5. The van der Waals surface area contributed by atoms with Gasteiger partial charge in [-0.05, 0) is 41.8 Å². The summed E-state index contributed by atoms with van der Waals surface area (Å²) in [7, 11) is 0. The molecule has 0 atom stereocenters. The zero-order valence-electron chi connectivity index (χ0n) is 20.0. The average Bonchev–Trinajstić information content (AvgIpc) is 2.91. The molecule has 2 aliphatic heterocycles. The van der Waals surface area contributed by atoms with Crippen molar-refractivity contribution in [1.29, 1.82) is 0 Å². The Labute approximate surface area is 216 Å². The predicted octanol–water partition coefficient (Wildman–Crippen LogP) is 4.76. The molecule has 6 nitrogen and oxygen atoms in total. The molecule has 0 aliphatic carbocycles. The van der Waals surface area contributed by atoms with Crippen molar-refractivity contribution >= 4 is 35.1 Å². The van der Waals surface area contributed by atoms with Gasteiger partial charge < -0.3 is 14.7 Å². The SMILES string of the molecule is CCN1CCN(c2cc(Cl)nc(SCc3ccc(C(=O)N4CCc5ccccc5C4)cc3)n2)CC1. The van der Waals surface area contributed by atoms with Crippen LogP contribution in [-0.2, 0) is 18.7 Å². The van der Waals surface area contributed by atoms with Gasteiger partial charge in [-0.2, -0.15) is 0 Å². The number of anilines is 1. The Balaban J connectivity index is 1.19. The summed E-state index contributed by atoms with van der Waals surface area (Å²) in [6.45, 7) is 8.68. The molecule has 182 valence electrons. The lowest BCUT2D eigenvalue weighted by Gasteiger charge is -2.34. The minimum Gasteiger partial charge on any atom is -0.354 e. The number of carbonyl (C=O) groups excluding carboxylic acids is 1. The Morgan fingerprint density at radius 2 is 1.71 bits per heavy atom. The molecule has 1 aromatic heterocycles. The van der Waals surface area contributed by atoms with E-state index in [0.717, 1.165) is 68.4 Å². The summed E-state index contributed by atoms with van der Waals surface area (Å²) in [6.07, 6.45) is 0.909. The lowest BCUT2D eigenvalue weighted by atomic mass is 9.99. The van der Waals surface area contributed by atoms with Gasteiger partial charge in [0.25, 0.3) is 5.91 Å². The minimum absolute atomic E-state index is 0.0877. The summed E-state index contributed by atoms with van der Waals surface area (Å²) in [5.41, 5.74) is 4.44. The molecule has 35 heavy (non-hydrogen) atoms. The maximum Gasteiger partial charge on any atom is 0.254 e. The van der Waals surface area contributed by atoms with Gasteiger partial charge in [0.05, 0.1) is 0 Å². The smallest absolute Gasteiger partial charge is 0.254 e. The van der Waals surface area contributed by atoms with Crippen LogP contribution in [0.15, 0.2) is 59.8 Å². The van der Waals surface area contributed by atoms with Crippen LogP contribution in [0.2, 0.25) is 5.15 Å². The summed E-state index contributed by atoms with van der Waals surface area (Å²) >= 11 is 7.89. The third-order valence-corrected chi connectivity index (χ3v) is 7.90. The van der Waals surface area contributed by atoms with Crippen molar-refractivity contribution in [3.63, 3.8) is 0 Å². The highest BCUT2D eigenvalue weighted by molar-refractivity contribution is 7.98. The van der Waals surface area contributed by atoms with Crippen LogP contribution < -0.4 is 4.90 Å². The number of likely N-dealkylation sites (N-methyl/N-ethyl adjacent to an activating group) is 1. The number of rotatable bonds is 6. The molecule has 0 bridgehead atoms. The van der Waals surface area contributed by atoms with E-state index in [1.165, 1.54) is 11.1 Å². The number of hydrogen-bond acceptors (Lipinski definition) is 6. The normalized spacial score (nSPS) is 16.3. The molecule has 3 aromatic rings. The fourth-order valence-corrected chi connectivity index (χ4v) is 5.69. The molecule has 1 fully saturated rings. The second-order valence-corrected chi connectivity index (χ2v) is 10.3. The Bertz CT molecular complexity index is 1180. The van der Waals surface area contributed by atoms with Gasteiger partial charge >= 0.3 is 0 Å². The number of piperazine rings is 1. The lowest BCUT2D eigenvalue weighted by molar-refractivity contribution is 0.0734. The Hall–Kier alpha value is -2.61. The number of hydrogen-bond donors (Lipinski definition) is 0. The summed E-state index contributed by atoms with van der Waals surface area (Å²) in [5.74, 6) is 1.70. The predicted molar refractivity (Wildman–Crippen MR) is 142 cm³/mol. The first-order valence-electron chi connectivity index (χ1n) is 12.2. The highest BCUT2D eigenvalue weighted by Gasteiger charge is 2.22. The van der Waals surface area contributed by atoms with Crippen LogP contribution in [0.1, 0.15) is 34.0 Å². The Morgan fingerprint density at radius 1 is 0.971 bits per heavy atom. The highest BCUT2D eigenvalue weighted by Crippen LogP contribution is 2.26. The van der Waals surface area contributed by atoms with Crippen LogP contribution >= 0.6 is 23.4 Å².